The van der Waals surface area contributed by atoms with Gasteiger partial charge in [-0.3, -0.25) is 20.1 Å². The number of hydrogen-bond acceptors (Lipinski definition) is 11. The van der Waals surface area contributed by atoms with E-state index >= 15 is 4.39 Å². The second-order valence-corrected chi connectivity index (χ2v) is 11.4. The van der Waals surface area contributed by atoms with Gasteiger partial charge in [0.1, 0.15) is 23.8 Å². The van der Waals surface area contributed by atoms with Crippen molar-refractivity contribution in [3.8, 4) is 28.9 Å². The molecule has 4 rings (SSSR count). The smallest absolute Gasteiger partial charge is 0.320 e. The third-order valence-electron chi connectivity index (χ3n) is 6.26. The molecule has 3 aromatic rings. The maximum atomic E-state index is 15.5. The van der Waals surface area contributed by atoms with E-state index in [4.69, 9.17) is 31.5 Å². The van der Waals surface area contributed by atoms with Crippen LogP contribution in [0.5, 0.6) is 28.9 Å². The number of pyridine rings is 1. The number of aliphatic carboxylic acids is 1. The second kappa shape index (κ2) is 12.1. The molecule has 42 heavy (non-hydrogen) atoms. The summed E-state index contributed by atoms with van der Waals surface area (Å²) in [5.74, 6) is -7.43. The van der Waals surface area contributed by atoms with Gasteiger partial charge in [0.25, 0.3) is 5.88 Å². The summed E-state index contributed by atoms with van der Waals surface area (Å²) in [5, 5.41) is 26.6. The zero-order chi connectivity index (χ0) is 30.8. The van der Waals surface area contributed by atoms with Crippen LogP contribution < -0.4 is 20.9 Å². The van der Waals surface area contributed by atoms with Crippen molar-refractivity contribution < 1.29 is 41.7 Å². The number of hydrogen-bond donors (Lipinski definition) is 5. The molecule has 1 aliphatic heterocycles. The molecule has 0 bridgehead atoms. The van der Waals surface area contributed by atoms with Crippen LogP contribution in [0, 0.1) is 17.0 Å². The number of benzene rings is 2. The first-order chi connectivity index (χ1) is 19.8. The van der Waals surface area contributed by atoms with Gasteiger partial charge in [-0.25, -0.2) is 17.8 Å². The van der Waals surface area contributed by atoms with Crippen molar-refractivity contribution >= 4 is 27.9 Å². The van der Waals surface area contributed by atoms with E-state index in [1.54, 1.807) is 18.2 Å². The van der Waals surface area contributed by atoms with E-state index < -0.39 is 62.8 Å². The number of aromatic nitrogens is 1. The lowest BCUT2D eigenvalue weighted by atomic mass is 10.1. The highest BCUT2D eigenvalue weighted by Gasteiger charge is 2.29. The summed E-state index contributed by atoms with van der Waals surface area (Å²) < 4.78 is 67.2. The molecule has 13 nitrogen and oxygen atoms in total. The molecule has 0 fully saturated rings. The number of sulfone groups is 1. The number of halogens is 2. The first-order valence-electron chi connectivity index (χ1n) is 12.2. The van der Waals surface area contributed by atoms with Crippen LogP contribution in [-0.2, 0) is 14.6 Å². The highest BCUT2D eigenvalue weighted by molar-refractivity contribution is 7.91. The number of carboxylic acid groups (broad SMARTS) is 1. The number of phenolic OH excluding ortho intramolecular Hbond substituents is 1. The number of nitrogens with zero attached hydrogens (tertiary/aromatic N) is 3. The minimum absolute atomic E-state index is 0.136. The fraction of sp³-hybridized carbons (Fsp3) is 0.231. The molecule has 2 aromatic carbocycles. The number of nitrogen functional groups attached to an aromatic ring is 1. The Morgan fingerprint density at radius 3 is 2.60 bits per heavy atom. The molecule has 16 heteroatoms. The fourth-order valence-corrected chi connectivity index (χ4v) is 5.30. The number of aliphatic imine (C=N–C) groups is 1. The Morgan fingerprint density at radius 2 is 1.95 bits per heavy atom. The third kappa shape index (κ3) is 6.45. The minimum atomic E-state index is -4.01. The lowest BCUT2D eigenvalue weighted by Crippen LogP contribution is -2.32. The number of amidine groups is 1. The van der Waals surface area contributed by atoms with Gasteiger partial charge in [-0.2, -0.15) is 4.39 Å². The van der Waals surface area contributed by atoms with E-state index in [0.29, 0.717) is 12.7 Å². The Hall–Kier alpha value is -4.67. The molecule has 222 valence electrons. The van der Waals surface area contributed by atoms with Crippen LogP contribution in [0.2, 0.25) is 0 Å². The first-order valence-corrected chi connectivity index (χ1v) is 13.9. The van der Waals surface area contributed by atoms with Crippen molar-refractivity contribution in [2.45, 2.75) is 23.5 Å². The van der Waals surface area contributed by atoms with Gasteiger partial charge in [0.05, 0.1) is 16.8 Å². The SMILES string of the molecule is CN1CC=NC1c1cc(S(=O)(=O)CCC(N)C(=O)O)ccc1Oc1c(F)cnc(Oc2cc(C(=N)N)ccc2O)c1F. The number of ether oxygens (including phenoxy) is 2. The van der Waals surface area contributed by atoms with Crippen LogP contribution in [0.25, 0.3) is 0 Å². The van der Waals surface area contributed by atoms with Gasteiger partial charge in [-0.1, -0.05) is 0 Å². The summed E-state index contributed by atoms with van der Waals surface area (Å²) >= 11 is 0. The molecular formula is C26H26F2N6O7S. The summed E-state index contributed by atoms with van der Waals surface area (Å²) in [6.07, 6.45) is 1.09. The largest absolute Gasteiger partial charge is 0.504 e. The maximum Gasteiger partial charge on any atom is 0.320 e. The van der Waals surface area contributed by atoms with Crippen molar-refractivity contribution in [2.24, 2.45) is 16.5 Å². The van der Waals surface area contributed by atoms with E-state index in [1.807, 2.05) is 0 Å². The summed E-state index contributed by atoms with van der Waals surface area (Å²) in [4.78, 5) is 20.4. The number of nitrogens with two attached hydrogens (primary N) is 2. The van der Waals surface area contributed by atoms with E-state index in [1.165, 1.54) is 24.3 Å². The molecule has 0 spiro atoms. The van der Waals surface area contributed by atoms with E-state index in [9.17, 15) is 22.7 Å². The van der Waals surface area contributed by atoms with Crippen LogP contribution in [0.4, 0.5) is 8.78 Å². The molecule has 0 amide bonds. The number of phenols is 1. The van der Waals surface area contributed by atoms with Gasteiger partial charge in [0, 0.05) is 23.9 Å². The van der Waals surface area contributed by atoms with Gasteiger partial charge in [-0.05, 0) is 49.9 Å². The summed E-state index contributed by atoms with van der Waals surface area (Å²) in [6.45, 7) is 0.396. The molecule has 0 saturated heterocycles. The van der Waals surface area contributed by atoms with Crippen molar-refractivity contribution in [3.63, 3.8) is 0 Å². The van der Waals surface area contributed by atoms with Crippen LogP contribution in [0.1, 0.15) is 23.7 Å². The number of nitrogens with one attached hydrogen (secondary N) is 1. The van der Waals surface area contributed by atoms with E-state index in [2.05, 4.69) is 9.98 Å². The van der Waals surface area contributed by atoms with Crippen LogP contribution in [0.3, 0.4) is 0 Å². The lowest BCUT2D eigenvalue weighted by molar-refractivity contribution is -0.138. The first kappa shape index (κ1) is 30.3. The summed E-state index contributed by atoms with van der Waals surface area (Å²) in [7, 11) is -2.32. The maximum absolute atomic E-state index is 15.5. The Balaban J connectivity index is 1.71. The third-order valence-corrected chi connectivity index (χ3v) is 8.00. The van der Waals surface area contributed by atoms with Crippen molar-refractivity contribution in [1.82, 2.24) is 9.88 Å². The normalized spacial score (nSPS) is 15.9. The van der Waals surface area contributed by atoms with Gasteiger partial charge < -0.3 is 31.2 Å². The van der Waals surface area contributed by atoms with Crippen molar-refractivity contribution in [1.29, 1.82) is 5.41 Å². The average molecular weight is 605 g/mol. The topological polar surface area (TPSA) is 215 Å². The predicted molar refractivity (Wildman–Crippen MR) is 146 cm³/mol. The molecule has 2 heterocycles. The Kier molecular flexibility index (Phi) is 8.70. The molecular weight excluding hydrogens is 578 g/mol. The number of carbonyl (C=O) groups is 1. The quantitative estimate of drug-likeness (QED) is 0.158. The molecule has 2 unspecified atom stereocenters. The summed E-state index contributed by atoms with van der Waals surface area (Å²) in [5.41, 5.74) is 11.2. The van der Waals surface area contributed by atoms with Crippen LogP contribution in [0.15, 0.2) is 52.5 Å². The number of carboxylic acids is 1. The van der Waals surface area contributed by atoms with Gasteiger partial charge in [0.15, 0.2) is 27.2 Å². The molecule has 0 radical (unpaired) electrons. The Bertz CT molecular complexity index is 1690. The second-order valence-electron chi connectivity index (χ2n) is 9.25. The van der Waals surface area contributed by atoms with Gasteiger partial charge in [0.2, 0.25) is 11.6 Å². The fourth-order valence-electron chi connectivity index (χ4n) is 3.92. The zero-order valence-electron chi connectivity index (χ0n) is 22.0. The average Bonchev–Trinajstić information content (AvgIpc) is 3.37. The van der Waals surface area contributed by atoms with Gasteiger partial charge >= 0.3 is 5.97 Å². The predicted octanol–water partition coefficient (Wildman–Crippen LogP) is 2.52. The molecule has 1 aromatic heterocycles. The summed E-state index contributed by atoms with van der Waals surface area (Å²) in [6, 6.07) is 5.87. The zero-order valence-corrected chi connectivity index (χ0v) is 22.8. The highest BCUT2D eigenvalue weighted by Crippen LogP contribution is 2.40. The molecule has 7 N–H and O–H groups in total. The van der Waals surface area contributed by atoms with Crippen LogP contribution in [-0.4, -0.2) is 71.9 Å². The van der Waals surface area contributed by atoms with Gasteiger partial charge in [-0.15, -0.1) is 0 Å². The van der Waals surface area contributed by atoms with Crippen molar-refractivity contribution in [3.05, 3.63) is 65.4 Å². The minimum Gasteiger partial charge on any atom is -0.504 e. The highest BCUT2D eigenvalue weighted by atomic mass is 32.2. The Morgan fingerprint density at radius 1 is 1.21 bits per heavy atom. The molecule has 0 aliphatic carbocycles. The van der Waals surface area contributed by atoms with Crippen molar-refractivity contribution in [2.75, 3.05) is 19.3 Å². The molecule has 1 aliphatic rings. The standard InChI is InChI=1S/C26H26F2N6O7S/c1-34-8-7-32-24(34)15-11-14(42(38,39)9-6-17(29)26(36)37)3-5-19(15)40-22-16(27)12-33-25(21(22)28)41-20-10-13(23(30)31)2-4-18(20)35/h2-5,7,10-12,17,24,35H,6,8-9,29H2,1H3,(H3,30,31)(H,36,37). The monoisotopic (exact) mass is 604 g/mol. The van der Waals surface area contributed by atoms with E-state index in [-0.39, 0.29) is 39.8 Å². The molecule has 0 saturated carbocycles. The van der Waals surface area contributed by atoms with E-state index in [0.717, 1.165) is 12.1 Å². The Labute approximate surface area is 238 Å². The van der Waals surface area contributed by atoms with Crippen LogP contribution >= 0.6 is 0 Å². The number of aromatic hydroxyl groups is 1. The lowest BCUT2D eigenvalue weighted by Gasteiger charge is -2.22. The molecule has 2 atom stereocenters. The number of rotatable bonds is 11.